The minimum Gasteiger partial charge on any atom is -0.267 e. The van der Waals surface area contributed by atoms with Gasteiger partial charge in [0.05, 0.1) is 22.3 Å². The van der Waals surface area contributed by atoms with Crippen LogP contribution in [-0.2, 0) is 0 Å². The lowest BCUT2D eigenvalue weighted by molar-refractivity contribution is -0.384. The zero-order chi connectivity index (χ0) is 18.3. The Morgan fingerprint density at radius 2 is 1.54 bits per heavy atom. The van der Waals surface area contributed by atoms with Gasteiger partial charge < -0.3 is 0 Å². The average molecular weight is 345 g/mol. The molecule has 0 saturated carbocycles. The van der Waals surface area contributed by atoms with E-state index in [1.165, 1.54) is 24.4 Å². The smallest absolute Gasteiger partial charge is 0.267 e. The van der Waals surface area contributed by atoms with Crippen LogP contribution in [0, 0.1) is 10.1 Å². The number of non-ortho nitro benzene ring substituents is 1. The summed E-state index contributed by atoms with van der Waals surface area (Å²) in [6, 6.07) is 16.2. The second-order valence-electron chi connectivity index (χ2n) is 5.73. The molecule has 1 heterocycles. The van der Waals surface area contributed by atoms with Crippen molar-refractivity contribution in [3.05, 3.63) is 87.5 Å². The Labute approximate surface area is 147 Å². The van der Waals surface area contributed by atoms with E-state index in [1.54, 1.807) is 30.3 Å². The van der Waals surface area contributed by atoms with Crippen LogP contribution in [0.1, 0.15) is 26.3 Å². The number of hydrogen-bond acceptors (Lipinski definition) is 5. The standard InChI is InChI=1S/C19H11N3O4/c23-18-15-8-2-5-13-6-3-9-16(17(13)15)19(24)21(18)20-11-12-4-1-7-14(10-12)22(25)26/h1-11H. The number of nitrogens with zero attached hydrogens (tertiary/aromatic N) is 3. The van der Waals surface area contributed by atoms with Gasteiger partial charge in [-0.1, -0.05) is 36.4 Å². The van der Waals surface area contributed by atoms with Gasteiger partial charge in [0.1, 0.15) is 0 Å². The predicted octanol–water partition coefficient (Wildman–Crippen LogP) is 3.38. The van der Waals surface area contributed by atoms with Gasteiger partial charge in [-0.3, -0.25) is 19.7 Å². The van der Waals surface area contributed by atoms with E-state index in [-0.39, 0.29) is 5.69 Å². The van der Waals surface area contributed by atoms with Crippen molar-refractivity contribution in [1.29, 1.82) is 0 Å². The summed E-state index contributed by atoms with van der Waals surface area (Å²) < 4.78 is 0. The zero-order valence-corrected chi connectivity index (χ0v) is 13.3. The molecular weight excluding hydrogens is 334 g/mol. The van der Waals surface area contributed by atoms with Crippen LogP contribution >= 0.6 is 0 Å². The third kappa shape index (κ3) is 2.42. The molecule has 0 aliphatic carbocycles. The third-order valence-electron chi connectivity index (χ3n) is 4.15. The molecule has 1 aliphatic rings. The summed E-state index contributed by atoms with van der Waals surface area (Å²) >= 11 is 0. The fraction of sp³-hybridized carbons (Fsp3) is 0. The number of nitro groups is 1. The minimum absolute atomic E-state index is 0.0969. The molecule has 0 saturated heterocycles. The van der Waals surface area contributed by atoms with Crippen LogP contribution in [-0.4, -0.2) is 28.0 Å². The number of amides is 2. The number of benzene rings is 3. The molecule has 1 aliphatic heterocycles. The quantitative estimate of drug-likeness (QED) is 0.315. The van der Waals surface area contributed by atoms with E-state index in [2.05, 4.69) is 5.10 Å². The minimum atomic E-state index is -0.527. The maximum absolute atomic E-state index is 12.7. The first-order valence-electron chi connectivity index (χ1n) is 7.75. The Morgan fingerprint density at radius 3 is 2.15 bits per heavy atom. The molecule has 26 heavy (non-hydrogen) atoms. The van der Waals surface area contributed by atoms with Crippen molar-refractivity contribution in [2.75, 3.05) is 0 Å². The predicted molar refractivity (Wildman–Crippen MR) is 95.1 cm³/mol. The summed E-state index contributed by atoms with van der Waals surface area (Å²) in [6.45, 7) is 0. The molecule has 3 aromatic carbocycles. The fourth-order valence-corrected chi connectivity index (χ4v) is 2.97. The van der Waals surface area contributed by atoms with Crippen molar-refractivity contribution >= 4 is 34.5 Å². The van der Waals surface area contributed by atoms with Crippen LogP contribution in [0.15, 0.2) is 65.8 Å². The number of hydrogen-bond donors (Lipinski definition) is 0. The monoisotopic (exact) mass is 345 g/mol. The van der Waals surface area contributed by atoms with Crippen LogP contribution < -0.4 is 0 Å². The van der Waals surface area contributed by atoms with Crippen LogP contribution in [0.2, 0.25) is 0 Å². The van der Waals surface area contributed by atoms with Crippen LogP contribution in [0.5, 0.6) is 0 Å². The second-order valence-corrected chi connectivity index (χ2v) is 5.73. The highest BCUT2D eigenvalue weighted by Crippen LogP contribution is 2.30. The van der Waals surface area contributed by atoms with Crippen molar-refractivity contribution < 1.29 is 14.5 Å². The molecule has 0 radical (unpaired) electrons. The molecule has 2 amide bonds. The van der Waals surface area contributed by atoms with Gasteiger partial charge in [-0.05, 0) is 17.5 Å². The molecule has 126 valence electrons. The van der Waals surface area contributed by atoms with E-state index in [0.29, 0.717) is 22.1 Å². The SMILES string of the molecule is O=C1c2cccc3cccc(c23)C(=O)N1N=Cc1cccc([N+](=O)[O-])c1. The molecule has 0 unspecified atom stereocenters. The van der Waals surface area contributed by atoms with E-state index in [9.17, 15) is 19.7 Å². The summed E-state index contributed by atoms with van der Waals surface area (Å²) in [5.41, 5.74) is 1.11. The molecular formula is C19H11N3O4. The Balaban J connectivity index is 1.75. The van der Waals surface area contributed by atoms with Crippen molar-refractivity contribution in [3.8, 4) is 0 Å². The molecule has 0 atom stereocenters. The zero-order valence-electron chi connectivity index (χ0n) is 13.3. The van der Waals surface area contributed by atoms with E-state index in [4.69, 9.17) is 0 Å². The number of carbonyl (C=O) groups is 2. The lowest BCUT2D eigenvalue weighted by Gasteiger charge is -2.22. The Hall–Kier alpha value is -3.87. The van der Waals surface area contributed by atoms with Gasteiger partial charge in [-0.2, -0.15) is 10.1 Å². The molecule has 0 N–H and O–H groups in total. The lowest BCUT2D eigenvalue weighted by Crippen LogP contribution is -2.36. The summed E-state index contributed by atoms with van der Waals surface area (Å²) in [4.78, 5) is 35.7. The summed E-state index contributed by atoms with van der Waals surface area (Å²) in [7, 11) is 0. The number of nitro benzene ring substituents is 1. The maximum atomic E-state index is 12.7. The van der Waals surface area contributed by atoms with E-state index in [1.807, 2.05) is 12.1 Å². The molecule has 3 aromatic rings. The van der Waals surface area contributed by atoms with Gasteiger partial charge in [-0.25, -0.2) is 0 Å². The maximum Gasteiger partial charge on any atom is 0.282 e. The van der Waals surface area contributed by atoms with Gasteiger partial charge in [-0.15, -0.1) is 0 Å². The highest BCUT2D eigenvalue weighted by molar-refractivity contribution is 6.25. The lowest BCUT2D eigenvalue weighted by atomic mass is 9.95. The second kappa shape index (κ2) is 5.89. The van der Waals surface area contributed by atoms with E-state index < -0.39 is 16.7 Å². The van der Waals surface area contributed by atoms with Gasteiger partial charge in [0.25, 0.3) is 17.5 Å². The van der Waals surface area contributed by atoms with Crippen LogP contribution in [0.3, 0.4) is 0 Å². The third-order valence-corrected chi connectivity index (χ3v) is 4.15. The van der Waals surface area contributed by atoms with E-state index in [0.717, 1.165) is 10.4 Å². The largest absolute Gasteiger partial charge is 0.282 e. The highest BCUT2D eigenvalue weighted by atomic mass is 16.6. The molecule has 7 heteroatoms. The topological polar surface area (TPSA) is 92.9 Å². The summed E-state index contributed by atoms with van der Waals surface area (Å²) in [5.74, 6) is -1.05. The van der Waals surface area contributed by atoms with Gasteiger partial charge in [0.15, 0.2) is 0 Å². The van der Waals surface area contributed by atoms with Gasteiger partial charge in [0.2, 0.25) is 0 Å². The van der Waals surface area contributed by atoms with Crippen LogP contribution in [0.25, 0.3) is 10.8 Å². The Kier molecular flexibility index (Phi) is 3.54. The van der Waals surface area contributed by atoms with Crippen molar-refractivity contribution in [3.63, 3.8) is 0 Å². The molecule has 0 aromatic heterocycles. The summed E-state index contributed by atoms with van der Waals surface area (Å²) in [5, 5.41) is 17.1. The molecule has 0 bridgehead atoms. The van der Waals surface area contributed by atoms with Crippen LogP contribution in [0.4, 0.5) is 5.69 Å². The molecule has 7 nitrogen and oxygen atoms in total. The molecule has 4 rings (SSSR count). The Morgan fingerprint density at radius 1 is 0.923 bits per heavy atom. The first-order valence-corrected chi connectivity index (χ1v) is 7.75. The number of carbonyl (C=O) groups excluding carboxylic acids is 2. The van der Waals surface area contributed by atoms with Gasteiger partial charge in [0, 0.05) is 23.1 Å². The number of hydrazone groups is 1. The first-order chi connectivity index (χ1) is 12.6. The summed E-state index contributed by atoms with van der Waals surface area (Å²) in [6.07, 6.45) is 1.26. The highest BCUT2D eigenvalue weighted by Gasteiger charge is 2.32. The van der Waals surface area contributed by atoms with E-state index >= 15 is 0 Å². The average Bonchev–Trinajstić information content (AvgIpc) is 2.66. The Bertz CT molecular complexity index is 1070. The van der Waals surface area contributed by atoms with Gasteiger partial charge >= 0.3 is 0 Å². The van der Waals surface area contributed by atoms with Crippen molar-refractivity contribution in [2.45, 2.75) is 0 Å². The normalized spacial score (nSPS) is 13.6. The number of imide groups is 1. The van der Waals surface area contributed by atoms with Crippen molar-refractivity contribution in [1.82, 2.24) is 5.01 Å². The fourth-order valence-electron chi connectivity index (χ4n) is 2.97. The van der Waals surface area contributed by atoms with Crippen molar-refractivity contribution in [2.24, 2.45) is 5.10 Å². The first kappa shape index (κ1) is 15.6. The molecule has 0 spiro atoms. The molecule has 0 fully saturated rings. The number of rotatable bonds is 3.